The number of ether oxygens (including phenoxy) is 1. The normalized spacial score (nSPS) is 12.0. The summed E-state index contributed by atoms with van der Waals surface area (Å²) in [5.74, 6) is -1.29. The number of amides is 2. The average molecular weight is 494 g/mol. The zero-order valence-corrected chi connectivity index (χ0v) is 20.8. The first kappa shape index (κ1) is 27.1. The van der Waals surface area contributed by atoms with Crippen molar-refractivity contribution in [2.24, 2.45) is 0 Å². The first-order valence-electron chi connectivity index (χ1n) is 11.1. The van der Waals surface area contributed by atoms with Crippen molar-refractivity contribution in [1.29, 1.82) is 0 Å². The van der Waals surface area contributed by atoms with E-state index in [0.29, 0.717) is 25.3 Å². The highest BCUT2D eigenvalue weighted by atomic mass is 32.2. The van der Waals surface area contributed by atoms with Crippen LogP contribution in [0.1, 0.15) is 32.8 Å². The molecule has 1 atom stereocenters. The predicted octanol–water partition coefficient (Wildman–Crippen LogP) is 2.93. The lowest BCUT2D eigenvalue weighted by Crippen LogP contribution is -2.51. The van der Waals surface area contributed by atoms with E-state index < -0.39 is 40.2 Å². The zero-order valence-electron chi connectivity index (χ0n) is 20.0. The van der Waals surface area contributed by atoms with E-state index in [0.717, 1.165) is 10.6 Å². The number of benzene rings is 2. The third-order valence-electron chi connectivity index (χ3n) is 5.13. The predicted molar refractivity (Wildman–Crippen MR) is 130 cm³/mol. The third kappa shape index (κ3) is 7.18. The molecule has 8 nitrogen and oxygen atoms in total. The summed E-state index contributed by atoms with van der Waals surface area (Å²) in [5, 5.41) is 2.73. The molecule has 0 fully saturated rings. The maximum atomic E-state index is 14.4. The molecule has 0 aromatic heterocycles. The molecule has 0 unspecified atom stereocenters. The van der Waals surface area contributed by atoms with Crippen LogP contribution in [-0.2, 0) is 26.2 Å². The molecular formula is C24H32FN3O5S. The quantitative estimate of drug-likeness (QED) is 0.491. The van der Waals surface area contributed by atoms with Gasteiger partial charge in [0.2, 0.25) is 21.8 Å². The fraction of sp³-hybridized carbons (Fsp3) is 0.417. The van der Waals surface area contributed by atoms with E-state index in [1.807, 2.05) is 6.92 Å². The number of hydrogen-bond donors (Lipinski definition) is 1. The fourth-order valence-electron chi connectivity index (χ4n) is 3.32. The number of anilines is 1. The molecule has 0 bridgehead atoms. The van der Waals surface area contributed by atoms with E-state index >= 15 is 0 Å². The molecule has 0 aliphatic heterocycles. The number of para-hydroxylation sites is 2. The van der Waals surface area contributed by atoms with Crippen molar-refractivity contribution in [3.8, 4) is 5.75 Å². The molecule has 0 spiro atoms. The second kappa shape index (κ2) is 12.4. The molecule has 2 aromatic carbocycles. The highest BCUT2D eigenvalue weighted by Gasteiger charge is 2.31. The Morgan fingerprint density at radius 1 is 1.09 bits per heavy atom. The van der Waals surface area contributed by atoms with Crippen molar-refractivity contribution in [3.05, 3.63) is 59.9 Å². The summed E-state index contributed by atoms with van der Waals surface area (Å²) in [5.41, 5.74) is 0.417. The first-order valence-corrected chi connectivity index (χ1v) is 12.9. The van der Waals surface area contributed by atoms with Crippen LogP contribution in [0.4, 0.5) is 10.1 Å². The van der Waals surface area contributed by atoms with E-state index in [1.165, 1.54) is 36.1 Å². The Hall–Kier alpha value is -3.14. The highest BCUT2D eigenvalue weighted by Crippen LogP contribution is 2.30. The summed E-state index contributed by atoms with van der Waals surface area (Å²) < 4.78 is 46.2. The number of carbonyl (C=O) groups is 2. The monoisotopic (exact) mass is 493 g/mol. The van der Waals surface area contributed by atoms with Crippen molar-refractivity contribution in [2.75, 3.05) is 30.3 Å². The van der Waals surface area contributed by atoms with E-state index in [-0.39, 0.29) is 17.8 Å². The van der Waals surface area contributed by atoms with Crippen LogP contribution in [-0.4, -0.2) is 57.1 Å². The van der Waals surface area contributed by atoms with Crippen molar-refractivity contribution < 1.29 is 27.1 Å². The first-order chi connectivity index (χ1) is 16.1. The van der Waals surface area contributed by atoms with E-state index in [1.54, 1.807) is 31.2 Å². The number of sulfonamides is 1. The van der Waals surface area contributed by atoms with Gasteiger partial charge in [-0.2, -0.15) is 0 Å². The summed E-state index contributed by atoms with van der Waals surface area (Å²) in [4.78, 5) is 27.3. The lowest BCUT2D eigenvalue weighted by atomic mass is 10.1. The zero-order chi connectivity index (χ0) is 25.3. The molecule has 0 saturated heterocycles. The Morgan fingerprint density at radius 3 is 2.35 bits per heavy atom. The summed E-state index contributed by atoms with van der Waals surface area (Å²) in [6.45, 7) is 5.13. The fourth-order valence-corrected chi connectivity index (χ4v) is 4.18. The van der Waals surface area contributed by atoms with Crippen LogP contribution in [0.2, 0.25) is 0 Å². The van der Waals surface area contributed by atoms with Crippen molar-refractivity contribution in [3.63, 3.8) is 0 Å². The second-order valence-corrected chi connectivity index (χ2v) is 9.66. The molecule has 1 N–H and O–H groups in total. The molecule has 2 amide bonds. The molecular weight excluding hydrogens is 461 g/mol. The molecule has 0 heterocycles. The third-order valence-corrected chi connectivity index (χ3v) is 6.25. The largest absolute Gasteiger partial charge is 0.492 e. The van der Waals surface area contributed by atoms with E-state index in [4.69, 9.17) is 4.74 Å². The number of nitrogens with zero attached hydrogens (tertiary/aromatic N) is 2. The number of halogens is 1. The van der Waals surface area contributed by atoms with Gasteiger partial charge in [0.1, 0.15) is 24.2 Å². The lowest BCUT2D eigenvalue weighted by Gasteiger charge is -2.32. The van der Waals surface area contributed by atoms with Crippen LogP contribution in [0.25, 0.3) is 0 Å². The van der Waals surface area contributed by atoms with Gasteiger partial charge in [0, 0.05) is 18.7 Å². The van der Waals surface area contributed by atoms with Gasteiger partial charge in [-0.05, 0) is 38.5 Å². The van der Waals surface area contributed by atoms with Crippen LogP contribution < -0.4 is 14.4 Å². The number of carbonyl (C=O) groups excluding carboxylic acids is 2. The maximum Gasteiger partial charge on any atom is 0.244 e. The Morgan fingerprint density at radius 2 is 1.74 bits per heavy atom. The molecule has 10 heteroatoms. The van der Waals surface area contributed by atoms with Gasteiger partial charge in [-0.1, -0.05) is 37.3 Å². The minimum Gasteiger partial charge on any atom is -0.492 e. The van der Waals surface area contributed by atoms with Crippen molar-refractivity contribution in [1.82, 2.24) is 10.2 Å². The Labute approximate surface area is 200 Å². The van der Waals surface area contributed by atoms with Crippen LogP contribution in [0, 0.1) is 5.82 Å². The van der Waals surface area contributed by atoms with Gasteiger partial charge in [0.25, 0.3) is 0 Å². The molecule has 34 heavy (non-hydrogen) atoms. The molecule has 2 rings (SSSR count). The highest BCUT2D eigenvalue weighted by molar-refractivity contribution is 7.92. The van der Waals surface area contributed by atoms with Crippen LogP contribution >= 0.6 is 0 Å². The Kier molecular flexibility index (Phi) is 9.85. The van der Waals surface area contributed by atoms with Gasteiger partial charge in [-0.3, -0.25) is 13.9 Å². The number of nitrogens with one attached hydrogen (secondary N) is 1. The molecule has 186 valence electrons. The summed E-state index contributed by atoms with van der Waals surface area (Å²) in [6, 6.07) is 11.5. The molecule has 0 radical (unpaired) electrons. The number of rotatable bonds is 12. The lowest BCUT2D eigenvalue weighted by molar-refractivity contribution is -0.139. The van der Waals surface area contributed by atoms with Crippen molar-refractivity contribution in [2.45, 2.75) is 39.8 Å². The van der Waals surface area contributed by atoms with Gasteiger partial charge in [0.05, 0.1) is 18.6 Å². The topological polar surface area (TPSA) is 96.0 Å². The summed E-state index contributed by atoms with van der Waals surface area (Å²) >= 11 is 0. The van der Waals surface area contributed by atoms with Crippen LogP contribution in [0.5, 0.6) is 5.75 Å². The van der Waals surface area contributed by atoms with Crippen LogP contribution in [0.15, 0.2) is 48.5 Å². The van der Waals surface area contributed by atoms with Crippen molar-refractivity contribution >= 4 is 27.5 Å². The SMILES string of the molecule is CCCNC(=O)[C@H](C)N(Cc1ccccc1F)C(=O)CN(c1ccccc1OCC)S(C)(=O)=O. The second-order valence-electron chi connectivity index (χ2n) is 7.75. The van der Waals surface area contributed by atoms with Gasteiger partial charge in [-0.15, -0.1) is 0 Å². The standard InChI is InChI=1S/C24H32FN3O5S/c1-5-15-26-24(30)18(3)27(16-19-11-7-8-12-20(19)25)23(29)17-28(34(4,31)32)21-13-9-10-14-22(21)33-6-2/h7-14,18H,5-6,15-17H2,1-4H3,(H,26,30)/t18-/m0/s1. The molecule has 0 saturated carbocycles. The van der Waals surface area contributed by atoms with E-state index in [2.05, 4.69) is 5.32 Å². The maximum absolute atomic E-state index is 14.4. The molecule has 0 aliphatic carbocycles. The minimum absolute atomic E-state index is 0.197. The number of hydrogen-bond acceptors (Lipinski definition) is 5. The average Bonchev–Trinajstić information content (AvgIpc) is 2.80. The minimum atomic E-state index is -3.90. The molecule has 2 aromatic rings. The van der Waals surface area contributed by atoms with E-state index in [9.17, 15) is 22.4 Å². The van der Waals surface area contributed by atoms with Gasteiger partial charge >= 0.3 is 0 Å². The van der Waals surface area contributed by atoms with Gasteiger partial charge in [-0.25, -0.2) is 12.8 Å². The molecule has 0 aliphatic rings. The smallest absolute Gasteiger partial charge is 0.244 e. The summed E-state index contributed by atoms with van der Waals surface area (Å²) in [6.07, 6.45) is 1.69. The van der Waals surface area contributed by atoms with Crippen LogP contribution in [0.3, 0.4) is 0 Å². The summed E-state index contributed by atoms with van der Waals surface area (Å²) in [7, 11) is -3.90. The van der Waals surface area contributed by atoms with Gasteiger partial charge < -0.3 is 15.0 Å². The Bertz CT molecular complexity index is 1090. The Balaban J connectivity index is 2.43. The van der Waals surface area contributed by atoms with Gasteiger partial charge in [0.15, 0.2) is 0 Å².